The van der Waals surface area contributed by atoms with E-state index in [0.29, 0.717) is 10.1 Å². The van der Waals surface area contributed by atoms with Gasteiger partial charge in [0.25, 0.3) is 0 Å². The van der Waals surface area contributed by atoms with E-state index in [0.717, 1.165) is 0 Å². The molecule has 0 aromatic heterocycles. The number of nitrogens with zero attached hydrogens (tertiary/aromatic N) is 1. The van der Waals surface area contributed by atoms with E-state index in [1.54, 1.807) is 6.07 Å². The number of urea groups is 1. The number of carbonyl (C=O) groups excluding carboxylic acids is 2. The second kappa shape index (κ2) is 6.32. The lowest BCUT2D eigenvalue weighted by Crippen LogP contribution is -2.35. The van der Waals surface area contributed by atoms with Gasteiger partial charge in [-0.25, -0.2) is 9.59 Å². The van der Waals surface area contributed by atoms with Crippen LogP contribution in [-0.4, -0.2) is 30.7 Å². The molecule has 1 aromatic carbocycles. The van der Waals surface area contributed by atoms with Crippen molar-refractivity contribution in [3.05, 3.63) is 28.2 Å². The molecule has 0 saturated heterocycles. The maximum absolute atomic E-state index is 11.2. The molecule has 0 heterocycles. The zero-order chi connectivity index (χ0) is 13.7. The Hall–Kier alpha value is -1.66. The monoisotopic (exact) mass is 292 g/mol. The second-order valence-corrected chi connectivity index (χ2v) is 4.01. The van der Waals surface area contributed by atoms with Gasteiger partial charge in [-0.3, -0.25) is 0 Å². The summed E-state index contributed by atoms with van der Waals surface area (Å²) in [6, 6.07) is 3.64. The fourth-order valence-electron chi connectivity index (χ4n) is 0.953. The molecule has 1 aromatic rings. The van der Waals surface area contributed by atoms with E-state index in [-0.39, 0.29) is 10.8 Å². The maximum atomic E-state index is 11.2. The van der Waals surface area contributed by atoms with Gasteiger partial charge in [-0.1, -0.05) is 23.2 Å². The van der Waals surface area contributed by atoms with Gasteiger partial charge in [-0.05, 0) is 18.2 Å². The van der Waals surface area contributed by atoms with Gasteiger partial charge in [0.2, 0.25) is 0 Å². The van der Waals surface area contributed by atoms with Crippen LogP contribution in [0.25, 0.3) is 0 Å². The van der Waals surface area contributed by atoms with Crippen LogP contribution in [0.4, 0.5) is 4.79 Å². The summed E-state index contributed by atoms with van der Waals surface area (Å²) < 4.78 is 5.09. The molecule has 0 atom stereocenters. The van der Waals surface area contributed by atoms with Crippen LogP contribution < -0.4 is 10.5 Å². The maximum Gasteiger partial charge on any atom is 0.369 e. The van der Waals surface area contributed by atoms with E-state index in [9.17, 15) is 9.59 Å². The van der Waals surface area contributed by atoms with E-state index >= 15 is 0 Å². The Morgan fingerprint density at radius 3 is 2.61 bits per heavy atom. The van der Waals surface area contributed by atoms with Crippen molar-refractivity contribution in [3.63, 3.8) is 0 Å². The van der Waals surface area contributed by atoms with Crippen LogP contribution >= 0.6 is 23.2 Å². The van der Waals surface area contributed by atoms with Crippen LogP contribution in [0.3, 0.4) is 0 Å². The summed E-state index contributed by atoms with van der Waals surface area (Å²) in [5.41, 5.74) is 4.87. The zero-order valence-electron chi connectivity index (χ0n) is 9.35. The number of hydroxylamine groups is 2. The van der Waals surface area contributed by atoms with Gasteiger partial charge in [0.15, 0.2) is 6.61 Å². The SMILES string of the molecule is CN(OC(=O)COc1ccc(Cl)cc1Cl)C(N)=O. The fraction of sp³-hybridized carbons (Fsp3) is 0.200. The van der Waals surface area contributed by atoms with Crippen molar-refractivity contribution in [1.29, 1.82) is 0 Å². The molecule has 0 saturated carbocycles. The minimum atomic E-state index is -0.895. The summed E-state index contributed by atoms with van der Waals surface area (Å²) in [7, 11) is 1.20. The summed E-state index contributed by atoms with van der Waals surface area (Å²) in [6.45, 7) is -0.418. The Balaban J connectivity index is 2.50. The molecule has 2 N–H and O–H groups in total. The third kappa shape index (κ3) is 4.31. The van der Waals surface area contributed by atoms with E-state index in [1.165, 1.54) is 19.2 Å². The highest BCUT2D eigenvalue weighted by Gasteiger charge is 2.12. The summed E-state index contributed by atoms with van der Waals surface area (Å²) in [5, 5.41) is 1.30. The lowest BCUT2D eigenvalue weighted by molar-refractivity contribution is -0.174. The molecule has 0 fully saturated rings. The molecule has 8 heteroatoms. The molecular formula is C10H10Cl2N2O4. The van der Waals surface area contributed by atoms with Crippen LogP contribution in [0, 0.1) is 0 Å². The first-order valence-electron chi connectivity index (χ1n) is 4.72. The summed E-state index contributed by atoms with van der Waals surface area (Å²) >= 11 is 11.5. The number of rotatable bonds is 3. The van der Waals surface area contributed by atoms with Gasteiger partial charge in [-0.15, -0.1) is 0 Å². The van der Waals surface area contributed by atoms with Crippen molar-refractivity contribution in [2.75, 3.05) is 13.7 Å². The Morgan fingerprint density at radius 2 is 2.06 bits per heavy atom. The largest absolute Gasteiger partial charge is 0.480 e. The third-order valence-electron chi connectivity index (χ3n) is 1.79. The molecule has 18 heavy (non-hydrogen) atoms. The first-order chi connectivity index (χ1) is 8.40. The van der Waals surface area contributed by atoms with Crippen LogP contribution in [0.15, 0.2) is 18.2 Å². The molecule has 0 unspecified atom stereocenters. The van der Waals surface area contributed by atoms with Gasteiger partial charge >= 0.3 is 12.0 Å². The molecular weight excluding hydrogens is 283 g/mol. The highest BCUT2D eigenvalue weighted by Crippen LogP contribution is 2.27. The summed E-state index contributed by atoms with van der Waals surface area (Å²) in [6.07, 6.45) is 0. The van der Waals surface area contributed by atoms with Crippen molar-refractivity contribution in [1.82, 2.24) is 5.06 Å². The molecule has 0 radical (unpaired) electrons. The number of nitrogens with two attached hydrogens (primary N) is 1. The third-order valence-corrected chi connectivity index (χ3v) is 2.32. The van der Waals surface area contributed by atoms with Gasteiger partial charge in [0.05, 0.1) is 12.1 Å². The standard InChI is InChI=1S/C10H10Cl2N2O4/c1-14(10(13)16)18-9(15)5-17-8-3-2-6(11)4-7(8)12/h2-4H,5H2,1H3,(H2,13,16). The quantitative estimate of drug-likeness (QED) is 0.862. The fourth-order valence-corrected chi connectivity index (χ4v) is 1.42. The smallest absolute Gasteiger partial charge is 0.369 e. The predicted molar refractivity (Wildman–Crippen MR) is 65.4 cm³/mol. The number of hydrogen-bond donors (Lipinski definition) is 1. The molecule has 0 aliphatic heterocycles. The zero-order valence-corrected chi connectivity index (χ0v) is 10.9. The molecule has 1 rings (SSSR count). The minimum Gasteiger partial charge on any atom is -0.480 e. The minimum absolute atomic E-state index is 0.263. The number of halogens is 2. The highest BCUT2D eigenvalue weighted by atomic mass is 35.5. The van der Waals surface area contributed by atoms with Crippen molar-refractivity contribution in [3.8, 4) is 5.75 Å². The number of ether oxygens (including phenoxy) is 1. The Kier molecular flexibility index (Phi) is 5.06. The van der Waals surface area contributed by atoms with Crippen LogP contribution in [0.5, 0.6) is 5.75 Å². The van der Waals surface area contributed by atoms with E-state index in [4.69, 9.17) is 33.7 Å². The lowest BCUT2D eigenvalue weighted by atomic mass is 10.3. The normalized spacial score (nSPS) is 9.72. The van der Waals surface area contributed by atoms with Gasteiger partial charge in [0, 0.05) is 5.02 Å². The Morgan fingerprint density at radius 1 is 1.39 bits per heavy atom. The number of primary amides is 1. The van der Waals surface area contributed by atoms with E-state index in [2.05, 4.69) is 4.84 Å². The number of carbonyl (C=O) groups is 2. The average molecular weight is 293 g/mol. The van der Waals surface area contributed by atoms with Gasteiger partial charge in [-0.2, -0.15) is 5.06 Å². The van der Waals surface area contributed by atoms with Crippen LogP contribution in [0.1, 0.15) is 0 Å². The number of benzene rings is 1. The Bertz CT molecular complexity index is 467. The van der Waals surface area contributed by atoms with Crippen molar-refractivity contribution in [2.45, 2.75) is 0 Å². The van der Waals surface area contributed by atoms with E-state index in [1.807, 2.05) is 0 Å². The van der Waals surface area contributed by atoms with Crippen molar-refractivity contribution in [2.24, 2.45) is 5.73 Å². The summed E-state index contributed by atoms with van der Waals surface area (Å²) in [4.78, 5) is 26.4. The molecule has 6 nitrogen and oxygen atoms in total. The molecule has 0 aliphatic carbocycles. The van der Waals surface area contributed by atoms with Gasteiger partial charge < -0.3 is 15.3 Å². The molecule has 98 valence electrons. The van der Waals surface area contributed by atoms with Crippen molar-refractivity contribution >= 4 is 35.2 Å². The number of amides is 2. The van der Waals surface area contributed by atoms with Crippen LogP contribution in [0.2, 0.25) is 10.0 Å². The Labute approximate surface area is 113 Å². The number of hydrogen-bond acceptors (Lipinski definition) is 4. The van der Waals surface area contributed by atoms with Gasteiger partial charge in [0.1, 0.15) is 5.75 Å². The van der Waals surface area contributed by atoms with Crippen LogP contribution in [-0.2, 0) is 9.63 Å². The highest BCUT2D eigenvalue weighted by molar-refractivity contribution is 6.35. The summed E-state index contributed by atoms with van der Waals surface area (Å²) in [5.74, 6) is -0.512. The topological polar surface area (TPSA) is 81.9 Å². The molecule has 2 amide bonds. The molecule has 0 bridgehead atoms. The van der Waals surface area contributed by atoms with Crippen molar-refractivity contribution < 1.29 is 19.2 Å². The first-order valence-corrected chi connectivity index (χ1v) is 5.47. The average Bonchev–Trinajstić information content (AvgIpc) is 2.27. The lowest BCUT2D eigenvalue weighted by Gasteiger charge is -2.13. The molecule has 0 aliphatic rings. The predicted octanol–water partition coefficient (Wildman–Crippen LogP) is 1.84. The molecule has 0 spiro atoms. The second-order valence-electron chi connectivity index (χ2n) is 3.16. The first kappa shape index (κ1) is 14.4. The van der Waals surface area contributed by atoms with E-state index < -0.39 is 18.6 Å².